The molecule has 7 heteroatoms. The molecule has 6 nitrogen and oxygen atoms in total. The van der Waals surface area contributed by atoms with E-state index in [0.29, 0.717) is 6.54 Å². The third kappa shape index (κ3) is 4.98. The normalized spacial score (nSPS) is 11.3. The maximum Gasteiger partial charge on any atom is 0.336 e. The van der Waals surface area contributed by atoms with Gasteiger partial charge in [-0.2, -0.15) is 13.1 Å². The summed E-state index contributed by atoms with van der Waals surface area (Å²) in [6.07, 6.45) is 0.763. The number of hydrogen-bond donors (Lipinski definition) is 1. The highest BCUT2D eigenvalue weighted by atomic mass is 32.2. The van der Waals surface area contributed by atoms with Crippen LogP contribution in [-0.4, -0.2) is 34.5 Å². The van der Waals surface area contributed by atoms with Gasteiger partial charge in [-0.1, -0.05) is 25.1 Å². The van der Waals surface area contributed by atoms with E-state index in [0.717, 1.165) is 12.1 Å². The summed E-state index contributed by atoms with van der Waals surface area (Å²) in [6.45, 7) is 1.93. The fourth-order valence-corrected chi connectivity index (χ4v) is 1.87. The van der Waals surface area contributed by atoms with Crippen LogP contribution in [0, 0.1) is 0 Å². The predicted octanol–water partition coefficient (Wildman–Crippen LogP) is 0.910. The van der Waals surface area contributed by atoms with Gasteiger partial charge in [0.05, 0.1) is 0 Å². The van der Waals surface area contributed by atoms with Gasteiger partial charge in [-0.15, -0.1) is 0 Å². The number of para-hydroxylation sites is 1. The average Bonchev–Trinajstić information content (AvgIpc) is 2.43. The third-order valence-corrected chi connectivity index (χ3v) is 3.33. The van der Waals surface area contributed by atoms with E-state index in [-0.39, 0.29) is 0 Å². The smallest absolute Gasteiger partial charge is 0.310 e. The molecule has 0 saturated heterocycles. The van der Waals surface area contributed by atoms with Gasteiger partial charge < -0.3 is 4.90 Å². The molecule has 0 fully saturated rings. The largest absolute Gasteiger partial charge is 0.336 e. The molecule has 0 atom stereocenters. The van der Waals surface area contributed by atoms with Crippen molar-refractivity contribution in [3.8, 4) is 0 Å². The van der Waals surface area contributed by atoms with Crippen LogP contribution in [-0.2, 0) is 19.3 Å². The van der Waals surface area contributed by atoms with Crippen molar-refractivity contribution in [3.63, 3.8) is 0 Å². The van der Waals surface area contributed by atoms with Crippen molar-refractivity contribution in [1.29, 1.82) is 0 Å². The van der Waals surface area contributed by atoms with E-state index < -0.39 is 22.8 Å². The minimum Gasteiger partial charge on any atom is -0.310 e. The number of nitrogens with zero attached hydrogens (tertiary/aromatic N) is 1. The van der Waals surface area contributed by atoms with Crippen molar-refractivity contribution >= 4 is 21.9 Å². The summed E-state index contributed by atoms with van der Waals surface area (Å²) < 4.78 is 28.8. The van der Waals surface area contributed by atoms with Gasteiger partial charge in [0.1, 0.15) is 6.61 Å². The Labute approximate surface area is 113 Å². The Morgan fingerprint density at radius 3 is 2.47 bits per heavy atom. The number of benzene rings is 1. The first-order valence-corrected chi connectivity index (χ1v) is 7.34. The number of nitrogens with one attached hydrogen (secondary N) is 1. The van der Waals surface area contributed by atoms with E-state index in [2.05, 4.69) is 4.18 Å². The molecule has 19 heavy (non-hydrogen) atoms. The molecule has 0 radical (unpaired) electrons. The number of anilines is 1. The second-order valence-electron chi connectivity index (χ2n) is 3.80. The van der Waals surface area contributed by atoms with Crippen LogP contribution in [0.4, 0.5) is 5.69 Å². The van der Waals surface area contributed by atoms with Crippen molar-refractivity contribution in [3.05, 3.63) is 30.3 Å². The maximum atomic E-state index is 12.0. The van der Waals surface area contributed by atoms with E-state index >= 15 is 0 Å². The van der Waals surface area contributed by atoms with Gasteiger partial charge in [-0.3, -0.25) is 4.79 Å². The van der Waals surface area contributed by atoms with Crippen LogP contribution < -0.4 is 9.62 Å². The molecule has 0 aliphatic rings. The van der Waals surface area contributed by atoms with Crippen molar-refractivity contribution in [2.45, 2.75) is 13.3 Å². The number of hydrogen-bond acceptors (Lipinski definition) is 4. The number of carbonyl (C=O) groups is 1. The first kappa shape index (κ1) is 15.6. The van der Waals surface area contributed by atoms with Gasteiger partial charge in [-0.05, 0) is 18.6 Å². The van der Waals surface area contributed by atoms with E-state index in [1.807, 2.05) is 29.8 Å². The Kier molecular flexibility index (Phi) is 5.94. The number of amides is 1. The summed E-state index contributed by atoms with van der Waals surface area (Å²) in [7, 11) is -2.62. The molecule has 1 N–H and O–H groups in total. The standard InChI is InChI=1S/C12H18N2O4S/c1-3-9-14(11-7-5-4-6-8-11)12(15)10-18-19(16,17)13-2/h4-8,13H,3,9-10H2,1-2H3. The summed E-state index contributed by atoms with van der Waals surface area (Å²) >= 11 is 0. The predicted molar refractivity (Wildman–Crippen MR) is 73.0 cm³/mol. The molecule has 106 valence electrons. The second-order valence-corrected chi connectivity index (χ2v) is 5.35. The fraction of sp³-hybridized carbons (Fsp3) is 0.417. The van der Waals surface area contributed by atoms with E-state index in [4.69, 9.17) is 0 Å². The minimum absolute atomic E-state index is 0.396. The van der Waals surface area contributed by atoms with Crippen molar-refractivity contribution in [1.82, 2.24) is 4.72 Å². The van der Waals surface area contributed by atoms with Gasteiger partial charge in [0, 0.05) is 19.3 Å². The SMILES string of the molecule is CCCN(C(=O)COS(=O)(=O)NC)c1ccccc1. The molecule has 0 aliphatic carbocycles. The third-order valence-electron chi connectivity index (χ3n) is 2.40. The van der Waals surface area contributed by atoms with Crippen LogP contribution in [0.25, 0.3) is 0 Å². The molecular weight excluding hydrogens is 268 g/mol. The van der Waals surface area contributed by atoms with Gasteiger partial charge in [0.2, 0.25) is 0 Å². The molecule has 1 rings (SSSR count). The number of rotatable bonds is 7. The zero-order valence-corrected chi connectivity index (χ0v) is 11.8. The Morgan fingerprint density at radius 2 is 1.95 bits per heavy atom. The van der Waals surface area contributed by atoms with Gasteiger partial charge in [-0.25, -0.2) is 4.18 Å². The first-order valence-electron chi connectivity index (χ1n) is 5.93. The summed E-state index contributed by atoms with van der Waals surface area (Å²) in [5.74, 6) is -0.396. The van der Waals surface area contributed by atoms with Crippen LogP contribution >= 0.6 is 0 Å². The lowest BCUT2D eigenvalue weighted by molar-refractivity contribution is -0.120. The zero-order valence-electron chi connectivity index (χ0n) is 11.0. The molecule has 0 spiro atoms. The summed E-state index contributed by atoms with van der Waals surface area (Å²) in [5.41, 5.74) is 0.722. The van der Waals surface area contributed by atoms with Crippen molar-refractivity contribution in [2.75, 3.05) is 25.1 Å². The Morgan fingerprint density at radius 1 is 1.32 bits per heavy atom. The minimum atomic E-state index is -3.84. The second kappa shape index (κ2) is 7.22. The summed E-state index contributed by atoms with van der Waals surface area (Å²) in [5, 5.41) is 0. The lowest BCUT2D eigenvalue weighted by Gasteiger charge is -2.21. The summed E-state index contributed by atoms with van der Waals surface area (Å²) in [4.78, 5) is 13.5. The van der Waals surface area contributed by atoms with Crippen molar-refractivity contribution < 1.29 is 17.4 Å². The highest BCUT2D eigenvalue weighted by molar-refractivity contribution is 7.84. The number of carbonyl (C=O) groups excluding carboxylic acids is 1. The highest BCUT2D eigenvalue weighted by Crippen LogP contribution is 2.14. The van der Waals surface area contributed by atoms with Gasteiger partial charge >= 0.3 is 10.3 Å². The van der Waals surface area contributed by atoms with Crippen LogP contribution in [0.15, 0.2) is 30.3 Å². The lowest BCUT2D eigenvalue weighted by Crippen LogP contribution is -2.36. The fourth-order valence-electron chi connectivity index (χ4n) is 1.49. The maximum absolute atomic E-state index is 12.0. The first-order chi connectivity index (χ1) is 9.00. The van der Waals surface area contributed by atoms with E-state index in [1.54, 1.807) is 12.1 Å². The van der Waals surface area contributed by atoms with E-state index in [1.165, 1.54) is 11.9 Å². The molecule has 0 aromatic heterocycles. The van der Waals surface area contributed by atoms with Crippen LogP contribution in [0.2, 0.25) is 0 Å². The average molecular weight is 286 g/mol. The topological polar surface area (TPSA) is 75.7 Å². The molecular formula is C12H18N2O4S. The molecule has 0 aliphatic heterocycles. The van der Waals surface area contributed by atoms with E-state index in [9.17, 15) is 13.2 Å². The molecule has 1 aromatic rings. The van der Waals surface area contributed by atoms with Gasteiger partial charge in [0.15, 0.2) is 0 Å². The molecule has 0 unspecified atom stereocenters. The quantitative estimate of drug-likeness (QED) is 0.808. The van der Waals surface area contributed by atoms with Crippen LogP contribution in [0.3, 0.4) is 0 Å². The molecule has 0 heterocycles. The Hall–Kier alpha value is -1.44. The zero-order chi connectivity index (χ0) is 14.3. The molecule has 1 amide bonds. The Bertz CT molecular complexity index is 502. The Balaban J connectivity index is 2.75. The summed E-state index contributed by atoms with van der Waals surface area (Å²) in [6, 6.07) is 9.06. The monoisotopic (exact) mass is 286 g/mol. The van der Waals surface area contributed by atoms with Crippen LogP contribution in [0.5, 0.6) is 0 Å². The lowest BCUT2D eigenvalue weighted by atomic mass is 10.2. The highest BCUT2D eigenvalue weighted by Gasteiger charge is 2.18. The van der Waals surface area contributed by atoms with Crippen LogP contribution in [0.1, 0.15) is 13.3 Å². The van der Waals surface area contributed by atoms with Gasteiger partial charge in [0.25, 0.3) is 5.91 Å². The molecule has 0 bridgehead atoms. The van der Waals surface area contributed by atoms with Crippen molar-refractivity contribution in [2.24, 2.45) is 0 Å². The molecule has 1 aromatic carbocycles. The molecule has 0 saturated carbocycles.